The van der Waals surface area contributed by atoms with E-state index < -0.39 is 11.7 Å². The molecule has 0 saturated heterocycles. The van der Waals surface area contributed by atoms with E-state index in [9.17, 15) is 4.79 Å². The lowest BCUT2D eigenvalue weighted by Gasteiger charge is -2.24. The Balaban J connectivity index is 2.79. The SMILES string of the molecule is CC(C)(C)OC(=O)NC(CCO)c1ccccc1Cl. The maximum Gasteiger partial charge on any atom is 0.408 e. The lowest BCUT2D eigenvalue weighted by Crippen LogP contribution is -2.35. The number of alkyl carbamates (subject to hydrolysis) is 1. The topological polar surface area (TPSA) is 58.6 Å². The van der Waals surface area contributed by atoms with Crippen molar-refractivity contribution in [3.63, 3.8) is 0 Å². The third kappa shape index (κ3) is 5.49. The lowest BCUT2D eigenvalue weighted by molar-refractivity contribution is 0.0496. The Hall–Kier alpha value is -1.26. The summed E-state index contributed by atoms with van der Waals surface area (Å²) in [5.41, 5.74) is 0.206. The van der Waals surface area contributed by atoms with Gasteiger partial charge in [0.1, 0.15) is 5.60 Å². The van der Waals surface area contributed by atoms with Crippen LogP contribution in [0.2, 0.25) is 5.02 Å². The summed E-state index contributed by atoms with van der Waals surface area (Å²) in [6, 6.07) is 6.85. The van der Waals surface area contributed by atoms with Crippen LogP contribution in [0.4, 0.5) is 4.79 Å². The van der Waals surface area contributed by atoms with Gasteiger partial charge in [-0.25, -0.2) is 4.79 Å². The fourth-order valence-corrected chi connectivity index (χ4v) is 1.91. The first-order chi connectivity index (χ1) is 8.83. The van der Waals surface area contributed by atoms with Crippen molar-refractivity contribution in [1.82, 2.24) is 5.32 Å². The average Bonchev–Trinajstić information content (AvgIpc) is 2.26. The fourth-order valence-electron chi connectivity index (χ4n) is 1.64. The van der Waals surface area contributed by atoms with Crippen LogP contribution < -0.4 is 5.32 Å². The number of carbonyl (C=O) groups excluding carboxylic acids is 1. The molecule has 0 saturated carbocycles. The van der Waals surface area contributed by atoms with E-state index in [1.807, 2.05) is 18.2 Å². The van der Waals surface area contributed by atoms with Crippen LogP contribution in [0.25, 0.3) is 0 Å². The van der Waals surface area contributed by atoms with Crippen molar-refractivity contribution in [1.29, 1.82) is 0 Å². The molecule has 0 aliphatic heterocycles. The van der Waals surface area contributed by atoms with Gasteiger partial charge in [0.2, 0.25) is 0 Å². The van der Waals surface area contributed by atoms with Gasteiger partial charge in [-0.2, -0.15) is 0 Å². The molecule has 4 nitrogen and oxygen atoms in total. The molecule has 1 atom stereocenters. The van der Waals surface area contributed by atoms with Crippen molar-refractivity contribution in [2.24, 2.45) is 0 Å². The maximum atomic E-state index is 11.8. The molecular formula is C14H20ClNO3. The fraction of sp³-hybridized carbons (Fsp3) is 0.500. The van der Waals surface area contributed by atoms with Crippen LogP contribution in [0.1, 0.15) is 38.8 Å². The second-order valence-corrected chi connectivity index (χ2v) is 5.64. The van der Waals surface area contributed by atoms with E-state index >= 15 is 0 Å². The Morgan fingerprint density at radius 3 is 2.58 bits per heavy atom. The minimum Gasteiger partial charge on any atom is -0.444 e. The zero-order chi connectivity index (χ0) is 14.5. The Labute approximate surface area is 118 Å². The van der Waals surface area contributed by atoms with Gasteiger partial charge in [-0.05, 0) is 38.8 Å². The average molecular weight is 286 g/mol. The van der Waals surface area contributed by atoms with Crippen molar-refractivity contribution >= 4 is 17.7 Å². The summed E-state index contributed by atoms with van der Waals surface area (Å²) in [7, 11) is 0. The van der Waals surface area contributed by atoms with Crippen LogP contribution in [0.3, 0.4) is 0 Å². The van der Waals surface area contributed by atoms with Crippen molar-refractivity contribution in [3.8, 4) is 0 Å². The molecule has 2 N–H and O–H groups in total. The summed E-state index contributed by atoms with van der Waals surface area (Å²) in [6.07, 6.45) is -0.144. The smallest absolute Gasteiger partial charge is 0.408 e. The molecule has 5 heteroatoms. The van der Waals surface area contributed by atoms with Crippen LogP contribution in [-0.2, 0) is 4.74 Å². The minimum absolute atomic E-state index is 0.0499. The van der Waals surface area contributed by atoms with Gasteiger partial charge >= 0.3 is 6.09 Å². The highest BCUT2D eigenvalue weighted by Gasteiger charge is 2.21. The van der Waals surface area contributed by atoms with Crippen LogP contribution in [-0.4, -0.2) is 23.4 Å². The van der Waals surface area contributed by atoms with E-state index in [2.05, 4.69) is 5.32 Å². The van der Waals surface area contributed by atoms with Gasteiger partial charge < -0.3 is 15.2 Å². The van der Waals surface area contributed by atoms with Crippen LogP contribution in [0.15, 0.2) is 24.3 Å². The van der Waals surface area contributed by atoms with Crippen molar-refractivity contribution in [2.45, 2.75) is 38.8 Å². The van der Waals surface area contributed by atoms with Gasteiger partial charge in [0.25, 0.3) is 0 Å². The molecule has 0 aliphatic carbocycles. The predicted octanol–water partition coefficient (Wildman–Crippen LogP) is 3.29. The molecule has 0 heterocycles. The number of rotatable bonds is 4. The van der Waals surface area contributed by atoms with Gasteiger partial charge in [0.05, 0.1) is 6.04 Å². The summed E-state index contributed by atoms with van der Waals surface area (Å²) in [5, 5.41) is 12.4. The minimum atomic E-state index is -0.561. The summed E-state index contributed by atoms with van der Waals surface area (Å²) < 4.78 is 5.20. The highest BCUT2D eigenvalue weighted by Crippen LogP contribution is 2.25. The molecular weight excluding hydrogens is 266 g/mol. The molecule has 1 aromatic rings. The first kappa shape index (κ1) is 15.8. The standard InChI is InChI=1S/C14H20ClNO3/c1-14(2,3)19-13(18)16-12(8-9-17)10-6-4-5-7-11(10)15/h4-7,12,17H,8-9H2,1-3H3,(H,16,18). The Bertz CT molecular complexity index is 429. The number of aliphatic hydroxyl groups excluding tert-OH is 1. The summed E-state index contributed by atoms with van der Waals surface area (Å²) >= 11 is 6.10. The number of ether oxygens (including phenoxy) is 1. The number of hydrogen-bond acceptors (Lipinski definition) is 3. The highest BCUT2D eigenvalue weighted by molar-refractivity contribution is 6.31. The Morgan fingerprint density at radius 1 is 1.42 bits per heavy atom. The summed E-state index contributed by atoms with van der Waals surface area (Å²) in [5.74, 6) is 0. The van der Waals surface area contributed by atoms with Gasteiger partial charge in [-0.15, -0.1) is 0 Å². The molecule has 0 bridgehead atoms. The van der Waals surface area contributed by atoms with Gasteiger partial charge in [-0.1, -0.05) is 29.8 Å². The van der Waals surface area contributed by atoms with E-state index in [-0.39, 0.29) is 12.6 Å². The third-order valence-corrected chi connectivity index (χ3v) is 2.73. The molecule has 1 aromatic carbocycles. The van der Waals surface area contributed by atoms with Gasteiger partial charge in [0.15, 0.2) is 0 Å². The lowest BCUT2D eigenvalue weighted by atomic mass is 10.0. The molecule has 1 rings (SSSR count). The number of carbonyl (C=O) groups is 1. The van der Waals surface area contributed by atoms with Crippen molar-refractivity contribution in [2.75, 3.05) is 6.61 Å². The number of nitrogens with one attached hydrogen (secondary N) is 1. The zero-order valence-corrected chi connectivity index (χ0v) is 12.2. The number of benzene rings is 1. The Kier molecular flexibility index (Phi) is 5.63. The predicted molar refractivity (Wildman–Crippen MR) is 75.3 cm³/mol. The molecule has 0 spiro atoms. The highest BCUT2D eigenvalue weighted by atomic mass is 35.5. The summed E-state index contributed by atoms with van der Waals surface area (Å²) in [4.78, 5) is 11.8. The molecule has 0 radical (unpaired) electrons. The number of amides is 1. The second kappa shape index (κ2) is 6.78. The van der Waals surface area contributed by atoms with Gasteiger partial charge in [-0.3, -0.25) is 0 Å². The molecule has 19 heavy (non-hydrogen) atoms. The first-order valence-electron chi connectivity index (χ1n) is 6.18. The number of hydrogen-bond donors (Lipinski definition) is 2. The van der Waals surface area contributed by atoms with Crippen molar-refractivity contribution in [3.05, 3.63) is 34.9 Å². The third-order valence-electron chi connectivity index (χ3n) is 2.39. The largest absolute Gasteiger partial charge is 0.444 e. The van der Waals surface area contributed by atoms with E-state index in [0.29, 0.717) is 11.4 Å². The maximum absolute atomic E-state index is 11.8. The van der Waals surface area contributed by atoms with E-state index in [0.717, 1.165) is 5.56 Å². The second-order valence-electron chi connectivity index (χ2n) is 5.23. The molecule has 106 valence electrons. The van der Waals surface area contributed by atoms with Crippen LogP contribution >= 0.6 is 11.6 Å². The quantitative estimate of drug-likeness (QED) is 0.892. The Morgan fingerprint density at radius 2 is 2.05 bits per heavy atom. The number of aliphatic hydroxyl groups is 1. The van der Waals surface area contributed by atoms with E-state index in [1.54, 1.807) is 26.8 Å². The van der Waals surface area contributed by atoms with Crippen LogP contribution in [0.5, 0.6) is 0 Å². The molecule has 1 unspecified atom stereocenters. The first-order valence-corrected chi connectivity index (χ1v) is 6.56. The normalized spacial score (nSPS) is 12.9. The van der Waals surface area contributed by atoms with Crippen LogP contribution in [0, 0.1) is 0 Å². The number of halogens is 1. The molecule has 0 aliphatic rings. The van der Waals surface area contributed by atoms with E-state index in [4.69, 9.17) is 21.4 Å². The van der Waals surface area contributed by atoms with E-state index in [1.165, 1.54) is 0 Å². The molecule has 0 fully saturated rings. The zero-order valence-electron chi connectivity index (χ0n) is 11.4. The molecule has 0 aromatic heterocycles. The van der Waals surface area contributed by atoms with Gasteiger partial charge in [0, 0.05) is 11.6 Å². The van der Waals surface area contributed by atoms with Crippen molar-refractivity contribution < 1.29 is 14.6 Å². The molecule has 1 amide bonds. The monoisotopic (exact) mass is 285 g/mol. The summed E-state index contributed by atoms with van der Waals surface area (Å²) in [6.45, 7) is 5.33.